The van der Waals surface area contributed by atoms with Crippen molar-refractivity contribution < 1.29 is 18.7 Å². The van der Waals surface area contributed by atoms with Crippen LogP contribution < -0.4 is 14.8 Å². The Bertz CT molecular complexity index is 742. The normalized spacial score (nSPS) is 10.7. The highest BCUT2D eigenvalue weighted by atomic mass is 16.5. The number of ether oxygens (including phenoxy) is 2. The molecule has 6 heteroatoms. The highest BCUT2D eigenvalue weighted by molar-refractivity contribution is 6.01. The zero-order valence-electron chi connectivity index (χ0n) is 12.8. The number of nitrogens with one attached hydrogen (secondary N) is 1. The lowest BCUT2D eigenvalue weighted by Gasteiger charge is -2.08. The number of methoxy groups -OCH3 is 2. The molecule has 0 fully saturated rings. The second-order valence-corrected chi connectivity index (χ2v) is 4.54. The molecule has 1 aromatic carbocycles. The molecule has 1 amide bonds. The van der Waals surface area contributed by atoms with Crippen LogP contribution in [-0.4, -0.2) is 20.1 Å². The van der Waals surface area contributed by atoms with E-state index >= 15 is 0 Å². The third-order valence-corrected chi connectivity index (χ3v) is 3.11. The molecule has 0 saturated heterocycles. The molecule has 1 heterocycles. The van der Waals surface area contributed by atoms with Crippen molar-refractivity contribution in [1.29, 1.82) is 5.26 Å². The van der Waals surface area contributed by atoms with E-state index in [1.807, 2.05) is 6.07 Å². The molecule has 1 aromatic heterocycles. The number of furan rings is 1. The van der Waals surface area contributed by atoms with Gasteiger partial charge in [0, 0.05) is 11.6 Å². The van der Waals surface area contributed by atoms with Crippen molar-refractivity contribution in [2.75, 3.05) is 14.2 Å². The molecule has 2 rings (SSSR count). The minimum absolute atomic E-state index is 0.0278. The summed E-state index contributed by atoms with van der Waals surface area (Å²) in [7, 11) is 3.06. The molecule has 6 nitrogen and oxygen atoms in total. The van der Waals surface area contributed by atoms with Gasteiger partial charge in [-0.25, -0.2) is 0 Å². The van der Waals surface area contributed by atoms with Crippen molar-refractivity contribution in [3.05, 3.63) is 53.5 Å². The van der Waals surface area contributed by atoms with E-state index in [9.17, 15) is 10.1 Å². The fourth-order valence-electron chi connectivity index (χ4n) is 1.92. The van der Waals surface area contributed by atoms with Crippen molar-refractivity contribution in [3.63, 3.8) is 0 Å². The molecular formula is C17H16N2O4. The van der Waals surface area contributed by atoms with E-state index in [4.69, 9.17) is 13.9 Å². The van der Waals surface area contributed by atoms with Crippen LogP contribution in [-0.2, 0) is 11.3 Å². The fraction of sp³-hybridized carbons (Fsp3) is 0.176. The zero-order chi connectivity index (χ0) is 16.7. The summed E-state index contributed by atoms with van der Waals surface area (Å²) < 4.78 is 15.5. The third-order valence-electron chi connectivity index (χ3n) is 3.11. The van der Waals surface area contributed by atoms with Gasteiger partial charge in [0.1, 0.15) is 28.9 Å². The third kappa shape index (κ3) is 4.14. The Hall–Kier alpha value is -3.20. The van der Waals surface area contributed by atoms with E-state index in [1.165, 1.54) is 19.4 Å². The summed E-state index contributed by atoms with van der Waals surface area (Å²) in [6.45, 7) is 0.213. The quantitative estimate of drug-likeness (QED) is 0.654. The van der Waals surface area contributed by atoms with Gasteiger partial charge in [0.15, 0.2) is 0 Å². The van der Waals surface area contributed by atoms with Crippen molar-refractivity contribution in [2.45, 2.75) is 6.54 Å². The largest absolute Gasteiger partial charge is 0.497 e. The van der Waals surface area contributed by atoms with E-state index in [0.29, 0.717) is 22.8 Å². The first-order valence-corrected chi connectivity index (χ1v) is 6.82. The number of benzene rings is 1. The van der Waals surface area contributed by atoms with Crippen molar-refractivity contribution >= 4 is 12.0 Å². The van der Waals surface area contributed by atoms with Gasteiger partial charge in [-0.05, 0) is 30.3 Å². The monoisotopic (exact) mass is 312 g/mol. The average Bonchev–Trinajstić information content (AvgIpc) is 3.11. The van der Waals surface area contributed by atoms with Crippen LogP contribution in [0.25, 0.3) is 6.08 Å². The molecule has 0 spiro atoms. The summed E-state index contributed by atoms with van der Waals surface area (Å²) in [5, 5.41) is 11.8. The van der Waals surface area contributed by atoms with Gasteiger partial charge in [-0.15, -0.1) is 0 Å². The molecule has 0 aliphatic rings. The Balaban J connectivity index is 2.17. The van der Waals surface area contributed by atoms with Gasteiger partial charge in [0.2, 0.25) is 0 Å². The SMILES string of the molecule is COc1ccc(/C=C(\C#N)C(=O)NCc2ccco2)c(OC)c1. The van der Waals surface area contributed by atoms with Gasteiger partial charge in [0.25, 0.3) is 5.91 Å². The zero-order valence-corrected chi connectivity index (χ0v) is 12.8. The summed E-state index contributed by atoms with van der Waals surface area (Å²) in [4.78, 5) is 12.1. The van der Waals surface area contributed by atoms with Crippen LogP contribution in [0.15, 0.2) is 46.6 Å². The van der Waals surface area contributed by atoms with E-state index in [0.717, 1.165) is 0 Å². The summed E-state index contributed by atoms with van der Waals surface area (Å²) in [6, 6.07) is 10.5. The van der Waals surface area contributed by atoms with Gasteiger partial charge in [-0.3, -0.25) is 4.79 Å². The molecule has 23 heavy (non-hydrogen) atoms. The summed E-state index contributed by atoms with van der Waals surface area (Å²) >= 11 is 0. The Labute approximate surface area is 133 Å². The standard InChI is InChI=1S/C17H16N2O4/c1-21-14-6-5-12(16(9-14)22-2)8-13(10-18)17(20)19-11-15-4-3-7-23-15/h3-9H,11H2,1-2H3,(H,19,20)/b13-8+. The number of nitriles is 1. The van der Waals surface area contributed by atoms with Crippen LogP contribution in [0.5, 0.6) is 11.5 Å². The van der Waals surface area contributed by atoms with Gasteiger partial charge in [-0.1, -0.05) is 0 Å². The Morgan fingerprint density at radius 2 is 2.17 bits per heavy atom. The topological polar surface area (TPSA) is 84.5 Å². The highest BCUT2D eigenvalue weighted by Gasteiger charge is 2.11. The Morgan fingerprint density at radius 1 is 1.35 bits per heavy atom. The minimum Gasteiger partial charge on any atom is -0.497 e. The lowest BCUT2D eigenvalue weighted by molar-refractivity contribution is -0.117. The number of carbonyl (C=O) groups is 1. The first-order chi connectivity index (χ1) is 11.2. The number of hydrogen-bond donors (Lipinski definition) is 1. The van der Waals surface area contributed by atoms with Gasteiger partial charge >= 0.3 is 0 Å². The molecule has 118 valence electrons. The number of rotatable bonds is 6. The lowest BCUT2D eigenvalue weighted by Crippen LogP contribution is -2.23. The van der Waals surface area contributed by atoms with E-state index < -0.39 is 5.91 Å². The van der Waals surface area contributed by atoms with E-state index in [2.05, 4.69) is 5.32 Å². The van der Waals surface area contributed by atoms with Crippen LogP contribution in [0.1, 0.15) is 11.3 Å². The van der Waals surface area contributed by atoms with E-state index in [1.54, 1.807) is 37.4 Å². The average molecular weight is 312 g/mol. The smallest absolute Gasteiger partial charge is 0.262 e. The molecule has 0 atom stereocenters. The van der Waals surface area contributed by atoms with Crippen molar-refractivity contribution in [1.82, 2.24) is 5.32 Å². The summed E-state index contributed by atoms with van der Waals surface area (Å²) in [5.41, 5.74) is 0.582. The number of hydrogen-bond acceptors (Lipinski definition) is 5. The summed E-state index contributed by atoms with van der Waals surface area (Å²) in [6.07, 6.45) is 2.99. The second-order valence-electron chi connectivity index (χ2n) is 4.54. The van der Waals surface area contributed by atoms with Crippen LogP contribution in [0, 0.1) is 11.3 Å². The Morgan fingerprint density at radius 3 is 2.78 bits per heavy atom. The van der Waals surface area contributed by atoms with Crippen LogP contribution in [0.3, 0.4) is 0 Å². The summed E-state index contributed by atoms with van der Waals surface area (Å²) in [5.74, 6) is 1.26. The van der Waals surface area contributed by atoms with Crippen LogP contribution in [0.4, 0.5) is 0 Å². The number of amides is 1. The van der Waals surface area contributed by atoms with Gasteiger partial charge in [0.05, 0.1) is 27.0 Å². The predicted octanol–water partition coefficient (Wildman–Crippen LogP) is 2.52. The molecule has 0 radical (unpaired) electrons. The maximum atomic E-state index is 12.1. The first-order valence-electron chi connectivity index (χ1n) is 6.82. The number of nitrogens with zero attached hydrogens (tertiary/aromatic N) is 1. The molecule has 0 aliphatic carbocycles. The molecule has 2 aromatic rings. The van der Waals surface area contributed by atoms with Crippen molar-refractivity contribution in [3.8, 4) is 17.6 Å². The maximum Gasteiger partial charge on any atom is 0.262 e. The highest BCUT2D eigenvalue weighted by Crippen LogP contribution is 2.26. The lowest BCUT2D eigenvalue weighted by atomic mass is 10.1. The minimum atomic E-state index is -0.484. The molecule has 0 bridgehead atoms. The molecule has 0 unspecified atom stereocenters. The molecule has 0 saturated carbocycles. The molecule has 1 N–H and O–H groups in total. The van der Waals surface area contributed by atoms with Crippen LogP contribution in [0.2, 0.25) is 0 Å². The van der Waals surface area contributed by atoms with Crippen LogP contribution >= 0.6 is 0 Å². The maximum absolute atomic E-state index is 12.1. The van der Waals surface area contributed by atoms with E-state index in [-0.39, 0.29) is 12.1 Å². The van der Waals surface area contributed by atoms with Gasteiger partial charge in [-0.2, -0.15) is 5.26 Å². The Kier molecular flexibility index (Phi) is 5.42. The first kappa shape index (κ1) is 16.2. The molecular weight excluding hydrogens is 296 g/mol. The van der Waals surface area contributed by atoms with Crippen molar-refractivity contribution in [2.24, 2.45) is 0 Å². The fourth-order valence-corrected chi connectivity index (χ4v) is 1.92. The predicted molar refractivity (Wildman–Crippen MR) is 83.7 cm³/mol. The van der Waals surface area contributed by atoms with Gasteiger partial charge < -0.3 is 19.2 Å². The second kappa shape index (κ2) is 7.71. The molecule has 0 aliphatic heterocycles. The number of carbonyl (C=O) groups excluding carboxylic acids is 1.